The Labute approximate surface area is 163 Å². The van der Waals surface area contributed by atoms with Crippen LogP contribution in [0.5, 0.6) is 0 Å². The second kappa shape index (κ2) is 8.73. The summed E-state index contributed by atoms with van der Waals surface area (Å²) in [4.78, 5) is 20.7. The first-order valence-corrected chi connectivity index (χ1v) is 10.3. The van der Waals surface area contributed by atoms with Crippen molar-refractivity contribution in [3.05, 3.63) is 77.6 Å². The number of fused-ring (bicyclic) bond motifs is 1. The Hall–Kier alpha value is -3.10. The van der Waals surface area contributed by atoms with Crippen LogP contribution in [-0.2, 0) is 27.1 Å². The van der Waals surface area contributed by atoms with Crippen molar-refractivity contribution in [3.63, 3.8) is 0 Å². The molecule has 1 heterocycles. The Bertz CT molecular complexity index is 1110. The van der Waals surface area contributed by atoms with Crippen LogP contribution in [0.3, 0.4) is 0 Å². The summed E-state index contributed by atoms with van der Waals surface area (Å²) in [5, 5.41) is 2.78. The van der Waals surface area contributed by atoms with E-state index in [1.54, 1.807) is 36.5 Å². The number of carbonyl (C=O) groups is 1. The molecular formula is C20H20N4O3S. The smallest absolute Gasteiger partial charge is 0.244 e. The summed E-state index contributed by atoms with van der Waals surface area (Å²) in [6, 6.07) is 14.6. The highest BCUT2D eigenvalue weighted by molar-refractivity contribution is 7.88. The van der Waals surface area contributed by atoms with Crippen LogP contribution in [0.25, 0.3) is 17.1 Å². The molecule has 0 fully saturated rings. The van der Waals surface area contributed by atoms with Gasteiger partial charge >= 0.3 is 0 Å². The van der Waals surface area contributed by atoms with Crippen molar-refractivity contribution in [1.29, 1.82) is 0 Å². The molecule has 0 spiro atoms. The van der Waals surface area contributed by atoms with Crippen LogP contribution in [0.2, 0.25) is 0 Å². The molecule has 0 aliphatic heterocycles. The molecule has 0 saturated carbocycles. The minimum absolute atomic E-state index is 0.0777. The van der Waals surface area contributed by atoms with Gasteiger partial charge in [0.2, 0.25) is 15.9 Å². The monoisotopic (exact) mass is 396 g/mol. The van der Waals surface area contributed by atoms with E-state index < -0.39 is 10.0 Å². The fourth-order valence-electron chi connectivity index (χ4n) is 2.51. The van der Waals surface area contributed by atoms with Gasteiger partial charge < -0.3 is 5.32 Å². The van der Waals surface area contributed by atoms with Gasteiger partial charge in [-0.15, -0.1) is 0 Å². The number of aromatic nitrogens is 2. The van der Waals surface area contributed by atoms with Crippen LogP contribution in [0, 0.1) is 0 Å². The Kier molecular flexibility index (Phi) is 6.13. The molecule has 2 aromatic carbocycles. The van der Waals surface area contributed by atoms with Crippen molar-refractivity contribution < 1.29 is 13.2 Å². The van der Waals surface area contributed by atoms with Crippen molar-refractivity contribution in [2.45, 2.75) is 12.3 Å². The SMILES string of the molecule is CNS(=O)(=O)Cc1ccc(CNC(=O)/C=C/c2cnc3ccccc3n2)cc1. The second-order valence-corrected chi connectivity index (χ2v) is 8.04. The zero-order valence-electron chi connectivity index (χ0n) is 15.3. The summed E-state index contributed by atoms with van der Waals surface area (Å²) in [6.45, 7) is 0.339. The molecule has 2 N–H and O–H groups in total. The van der Waals surface area contributed by atoms with E-state index in [9.17, 15) is 13.2 Å². The molecule has 0 unspecified atom stereocenters. The standard InChI is InChI=1S/C20H20N4O3S/c1-21-28(26,27)14-16-8-6-15(7-9-16)12-23-20(25)11-10-17-13-22-18-4-2-3-5-19(18)24-17/h2-11,13,21H,12,14H2,1H3,(H,23,25)/b11-10+. The van der Waals surface area contributed by atoms with E-state index in [-0.39, 0.29) is 11.7 Å². The van der Waals surface area contributed by atoms with Crippen LogP contribution < -0.4 is 10.0 Å². The Morgan fingerprint density at radius 2 is 1.71 bits per heavy atom. The van der Waals surface area contributed by atoms with Crippen LogP contribution in [0.1, 0.15) is 16.8 Å². The fourth-order valence-corrected chi connectivity index (χ4v) is 3.28. The third-order valence-corrected chi connectivity index (χ3v) is 5.37. The number of sulfonamides is 1. The molecule has 144 valence electrons. The lowest BCUT2D eigenvalue weighted by molar-refractivity contribution is -0.116. The molecule has 1 aromatic heterocycles. The quantitative estimate of drug-likeness (QED) is 0.595. The molecular weight excluding hydrogens is 376 g/mol. The third kappa shape index (κ3) is 5.45. The predicted molar refractivity (Wildman–Crippen MR) is 109 cm³/mol. The molecule has 0 atom stereocenters. The molecule has 0 aliphatic carbocycles. The molecule has 7 nitrogen and oxygen atoms in total. The van der Waals surface area contributed by atoms with Gasteiger partial charge in [-0.25, -0.2) is 18.1 Å². The average molecular weight is 396 g/mol. The summed E-state index contributed by atoms with van der Waals surface area (Å²) in [7, 11) is -1.91. The number of rotatable bonds is 7. The molecule has 3 rings (SSSR count). The van der Waals surface area contributed by atoms with Gasteiger partial charge in [0, 0.05) is 12.6 Å². The highest BCUT2D eigenvalue weighted by atomic mass is 32.2. The first-order valence-electron chi connectivity index (χ1n) is 8.62. The molecule has 0 saturated heterocycles. The van der Waals surface area contributed by atoms with Gasteiger partial charge in [0.05, 0.1) is 28.7 Å². The molecule has 28 heavy (non-hydrogen) atoms. The van der Waals surface area contributed by atoms with Crippen molar-refractivity contribution in [1.82, 2.24) is 20.0 Å². The zero-order valence-corrected chi connectivity index (χ0v) is 16.1. The van der Waals surface area contributed by atoms with Gasteiger partial charge in [-0.3, -0.25) is 9.78 Å². The third-order valence-electron chi connectivity index (χ3n) is 4.03. The minimum Gasteiger partial charge on any atom is -0.348 e. The van der Waals surface area contributed by atoms with Gasteiger partial charge in [0.1, 0.15) is 0 Å². The maximum atomic E-state index is 12.0. The topological polar surface area (TPSA) is 101 Å². The highest BCUT2D eigenvalue weighted by Crippen LogP contribution is 2.10. The molecule has 8 heteroatoms. The summed E-state index contributed by atoms with van der Waals surface area (Å²) < 4.78 is 25.4. The minimum atomic E-state index is -3.30. The Morgan fingerprint density at radius 1 is 1.04 bits per heavy atom. The van der Waals surface area contributed by atoms with Crippen LogP contribution >= 0.6 is 0 Å². The Morgan fingerprint density at radius 3 is 2.43 bits per heavy atom. The van der Waals surface area contributed by atoms with Crippen LogP contribution in [0.4, 0.5) is 0 Å². The fraction of sp³-hybridized carbons (Fsp3) is 0.150. The zero-order chi connectivity index (χ0) is 20.0. The van der Waals surface area contributed by atoms with E-state index in [1.807, 2.05) is 24.3 Å². The lowest BCUT2D eigenvalue weighted by atomic mass is 10.1. The second-order valence-electron chi connectivity index (χ2n) is 6.11. The first-order chi connectivity index (χ1) is 13.4. The van der Waals surface area contributed by atoms with E-state index in [2.05, 4.69) is 20.0 Å². The summed E-state index contributed by atoms with van der Waals surface area (Å²) in [6.07, 6.45) is 4.64. The summed E-state index contributed by atoms with van der Waals surface area (Å²) in [5.41, 5.74) is 3.72. The van der Waals surface area contributed by atoms with Crippen molar-refractivity contribution in [2.24, 2.45) is 0 Å². The van der Waals surface area contributed by atoms with Gasteiger partial charge in [-0.2, -0.15) is 0 Å². The van der Waals surface area contributed by atoms with Crippen LogP contribution in [-0.4, -0.2) is 31.3 Å². The molecule has 0 radical (unpaired) electrons. The van der Waals surface area contributed by atoms with E-state index >= 15 is 0 Å². The van der Waals surface area contributed by atoms with Crippen LogP contribution in [0.15, 0.2) is 60.8 Å². The molecule has 0 bridgehead atoms. The summed E-state index contributed by atoms with van der Waals surface area (Å²) >= 11 is 0. The number of amides is 1. The maximum absolute atomic E-state index is 12.0. The summed E-state index contributed by atoms with van der Waals surface area (Å²) in [5.74, 6) is -0.331. The average Bonchev–Trinajstić information content (AvgIpc) is 2.71. The highest BCUT2D eigenvalue weighted by Gasteiger charge is 2.08. The number of nitrogens with one attached hydrogen (secondary N) is 2. The lowest BCUT2D eigenvalue weighted by Crippen LogP contribution is -2.21. The largest absolute Gasteiger partial charge is 0.348 e. The van der Waals surface area contributed by atoms with Gasteiger partial charge in [0.25, 0.3) is 0 Å². The number of hydrogen-bond acceptors (Lipinski definition) is 5. The number of carbonyl (C=O) groups excluding carboxylic acids is 1. The van der Waals surface area contributed by atoms with Crippen molar-refractivity contribution in [3.8, 4) is 0 Å². The normalized spacial score (nSPS) is 11.8. The van der Waals surface area contributed by atoms with E-state index in [4.69, 9.17) is 0 Å². The van der Waals surface area contributed by atoms with Crippen molar-refractivity contribution >= 4 is 33.0 Å². The predicted octanol–water partition coefficient (Wildman–Crippen LogP) is 2.01. The maximum Gasteiger partial charge on any atom is 0.244 e. The van der Waals surface area contributed by atoms with E-state index in [0.717, 1.165) is 16.6 Å². The number of para-hydroxylation sites is 2. The van der Waals surface area contributed by atoms with Gasteiger partial charge in [0.15, 0.2) is 0 Å². The number of benzene rings is 2. The van der Waals surface area contributed by atoms with E-state index in [1.165, 1.54) is 13.1 Å². The van der Waals surface area contributed by atoms with Crippen molar-refractivity contribution in [2.75, 3.05) is 7.05 Å². The molecule has 1 amide bonds. The van der Waals surface area contributed by atoms with Gasteiger partial charge in [-0.05, 0) is 36.4 Å². The molecule has 0 aliphatic rings. The number of hydrogen-bond donors (Lipinski definition) is 2. The number of nitrogens with zero attached hydrogens (tertiary/aromatic N) is 2. The lowest BCUT2D eigenvalue weighted by Gasteiger charge is -2.06. The first kappa shape index (κ1) is 19.7. The molecule has 3 aromatic rings. The van der Waals surface area contributed by atoms with E-state index in [0.29, 0.717) is 17.8 Å². The Balaban J connectivity index is 1.55. The van der Waals surface area contributed by atoms with Gasteiger partial charge in [-0.1, -0.05) is 36.4 Å².